The van der Waals surface area contributed by atoms with Crippen LogP contribution in [0.4, 0.5) is 0 Å². The molecule has 3 rings (SSSR count). The summed E-state index contributed by atoms with van der Waals surface area (Å²) in [5.41, 5.74) is 1.62. The molecule has 0 saturated carbocycles. The van der Waals surface area contributed by atoms with Gasteiger partial charge in [0.1, 0.15) is 0 Å². The summed E-state index contributed by atoms with van der Waals surface area (Å²) < 4.78 is 4.46. The first kappa shape index (κ1) is 16.1. The molecular formula is C22H23Se+. The van der Waals surface area contributed by atoms with E-state index in [1.807, 2.05) is 0 Å². The van der Waals surface area contributed by atoms with Gasteiger partial charge in [-0.2, -0.15) is 0 Å². The fraction of sp³-hybridized carbons (Fsp3) is 0.182. The molecule has 0 nitrogen and oxygen atoms in total. The summed E-state index contributed by atoms with van der Waals surface area (Å²) in [4.78, 5) is 0. The van der Waals surface area contributed by atoms with Crippen LogP contribution in [0.5, 0.6) is 0 Å². The molecule has 0 aliphatic heterocycles. The first-order valence-electron chi connectivity index (χ1n) is 8.01. The molecule has 0 aromatic heterocycles. The van der Waals surface area contributed by atoms with Gasteiger partial charge in [0.2, 0.25) is 0 Å². The quantitative estimate of drug-likeness (QED) is 0.623. The molecular weight excluding hydrogens is 343 g/mol. The van der Waals surface area contributed by atoms with Crippen molar-refractivity contribution in [2.75, 3.05) is 0 Å². The van der Waals surface area contributed by atoms with Crippen LogP contribution >= 0.6 is 0 Å². The van der Waals surface area contributed by atoms with Gasteiger partial charge >= 0.3 is 144 Å². The van der Waals surface area contributed by atoms with E-state index in [1.54, 1.807) is 0 Å². The van der Waals surface area contributed by atoms with Crippen molar-refractivity contribution < 1.29 is 0 Å². The van der Waals surface area contributed by atoms with E-state index in [9.17, 15) is 0 Å². The van der Waals surface area contributed by atoms with Crippen molar-refractivity contribution in [3.05, 3.63) is 90.5 Å². The summed E-state index contributed by atoms with van der Waals surface area (Å²) in [7, 11) is 0. The molecule has 0 atom stereocenters. The number of rotatable bonds is 3. The van der Waals surface area contributed by atoms with E-state index in [1.165, 1.54) is 18.9 Å². The second kappa shape index (κ2) is 6.74. The Kier molecular flexibility index (Phi) is 4.71. The summed E-state index contributed by atoms with van der Waals surface area (Å²) in [5, 5.41) is 0. The van der Waals surface area contributed by atoms with Gasteiger partial charge in [-0.3, -0.25) is 0 Å². The predicted molar refractivity (Wildman–Crippen MR) is 103 cm³/mol. The van der Waals surface area contributed by atoms with Gasteiger partial charge in [-0.05, 0) is 0 Å². The number of hydrogen-bond acceptors (Lipinski definition) is 0. The summed E-state index contributed by atoms with van der Waals surface area (Å²) in [6.45, 7) is 6.93. The summed E-state index contributed by atoms with van der Waals surface area (Å²) in [6, 6.07) is 31.0. The zero-order valence-corrected chi connectivity index (χ0v) is 15.7. The van der Waals surface area contributed by atoms with Crippen LogP contribution in [0.15, 0.2) is 84.9 Å². The Morgan fingerprint density at radius 3 is 1.48 bits per heavy atom. The first-order chi connectivity index (χ1) is 11.1. The fourth-order valence-corrected chi connectivity index (χ4v) is 7.90. The molecule has 0 radical (unpaired) electrons. The van der Waals surface area contributed by atoms with E-state index in [-0.39, 0.29) is 5.41 Å². The van der Waals surface area contributed by atoms with Crippen molar-refractivity contribution in [3.63, 3.8) is 0 Å². The van der Waals surface area contributed by atoms with Crippen molar-refractivity contribution in [1.29, 1.82) is 0 Å². The van der Waals surface area contributed by atoms with Crippen LogP contribution in [0.3, 0.4) is 0 Å². The van der Waals surface area contributed by atoms with Crippen molar-refractivity contribution in [3.8, 4) is 0 Å². The third-order valence-electron chi connectivity index (χ3n) is 3.87. The average Bonchev–Trinajstić information content (AvgIpc) is 2.57. The predicted octanol–water partition coefficient (Wildman–Crippen LogP) is 3.50. The monoisotopic (exact) mass is 367 g/mol. The van der Waals surface area contributed by atoms with E-state index >= 15 is 0 Å². The topological polar surface area (TPSA) is 0 Å². The molecule has 0 N–H and O–H groups in total. The van der Waals surface area contributed by atoms with Crippen LogP contribution in [0, 0.1) is 0 Å². The molecule has 0 amide bonds. The van der Waals surface area contributed by atoms with E-state index in [2.05, 4.69) is 106 Å². The molecule has 0 aliphatic carbocycles. The van der Waals surface area contributed by atoms with E-state index in [4.69, 9.17) is 0 Å². The van der Waals surface area contributed by atoms with Crippen molar-refractivity contribution in [2.45, 2.75) is 26.2 Å². The average molecular weight is 366 g/mol. The summed E-state index contributed by atoms with van der Waals surface area (Å²) in [5.74, 6) is 0. The SMILES string of the molecule is CC(C)(C)c1ccccc1[Se+](c1ccccc1)c1ccccc1. The second-order valence-electron chi connectivity index (χ2n) is 6.68. The van der Waals surface area contributed by atoms with Crippen LogP contribution < -0.4 is 13.4 Å². The van der Waals surface area contributed by atoms with Gasteiger partial charge in [0, 0.05) is 0 Å². The third-order valence-corrected chi connectivity index (χ3v) is 8.66. The van der Waals surface area contributed by atoms with Crippen molar-refractivity contribution in [1.82, 2.24) is 0 Å². The molecule has 116 valence electrons. The Bertz CT molecular complexity index is 715. The molecule has 0 aliphatic rings. The Morgan fingerprint density at radius 1 is 0.565 bits per heavy atom. The Hall–Kier alpha value is -1.82. The molecule has 0 unspecified atom stereocenters. The van der Waals surface area contributed by atoms with E-state index in [0.717, 1.165) is 0 Å². The van der Waals surface area contributed by atoms with Crippen LogP contribution in [0.25, 0.3) is 0 Å². The van der Waals surface area contributed by atoms with Gasteiger partial charge in [-0.25, -0.2) is 0 Å². The maximum absolute atomic E-state index is 2.34. The van der Waals surface area contributed by atoms with Crippen molar-refractivity contribution in [2.24, 2.45) is 0 Å². The second-order valence-corrected chi connectivity index (χ2v) is 10.9. The van der Waals surface area contributed by atoms with E-state index in [0.29, 0.717) is 0 Å². The fourth-order valence-electron chi connectivity index (χ4n) is 2.77. The van der Waals surface area contributed by atoms with Crippen LogP contribution in [0.2, 0.25) is 0 Å². The molecule has 1 heteroatoms. The minimum absolute atomic E-state index is 0.155. The van der Waals surface area contributed by atoms with Gasteiger partial charge in [-0.15, -0.1) is 0 Å². The molecule has 0 fully saturated rings. The van der Waals surface area contributed by atoms with Gasteiger partial charge in [-0.1, -0.05) is 0 Å². The third kappa shape index (κ3) is 3.58. The number of benzene rings is 3. The first-order valence-corrected chi connectivity index (χ1v) is 10.6. The Labute approximate surface area is 144 Å². The zero-order chi connectivity index (χ0) is 16.3. The van der Waals surface area contributed by atoms with E-state index < -0.39 is 13.9 Å². The van der Waals surface area contributed by atoms with Gasteiger partial charge in [0.05, 0.1) is 0 Å². The Balaban J connectivity index is 2.22. The van der Waals surface area contributed by atoms with Crippen LogP contribution in [0.1, 0.15) is 26.3 Å². The van der Waals surface area contributed by atoms with Crippen LogP contribution in [-0.4, -0.2) is 13.9 Å². The molecule has 3 aromatic carbocycles. The van der Waals surface area contributed by atoms with Gasteiger partial charge in [0.25, 0.3) is 0 Å². The minimum atomic E-state index is -1.28. The van der Waals surface area contributed by atoms with Gasteiger partial charge in [0.15, 0.2) is 0 Å². The molecule has 0 heterocycles. The molecule has 23 heavy (non-hydrogen) atoms. The molecule has 0 bridgehead atoms. The summed E-state index contributed by atoms with van der Waals surface area (Å²) in [6.07, 6.45) is 0. The standard InChI is InChI=1S/C22H23Se/c1-22(2,3)20-16-10-11-17-21(20)23(18-12-6-4-7-13-18)19-14-8-5-9-15-19/h4-17H,1-3H3/q+1. The molecule has 3 aromatic rings. The maximum atomic E-state index is 2.34. The van der Waals surface area contributed by atoms with Crippen molar-refractivity contribution >= 4 is 27.3 Å². The zero-order valence-electron chi connectivity index (χ0n) is 14.0. The summed E-state index contributed by atoms with van der Waals surface area (Å²) >= 11 is -1.28. The van der Waals surface area contributed by atoms with Crippen LogP contribution in [-0.2, 0) is 5.41 Å². The molecule has 0 spiro atoms. The number of hydrogen-bond donors (Lipinski definition) is 0. The molecule has 0 saturated heterocycles. The Morgan fingerprint density at radius 2 is 1.00 bits per heavy atom. The normalized spacial score (nSPS) is 11.7. The van der Waals surface area contributed by atoms with Gasteiger partial charge < -0.3 is 0 Å².